The van der Waals surface area contributed by atoms with Crippen molar-refractivity contribution in [1.29, 1.82) is 0 Å². The Morgan fingerprint density at radius 1 is 1.32 bits per heavy atom. The minimum atomic E-state index is 0. The average molecular weight is 303 g/mol. The molecule has 1 N–H and O–H groups in total. The van der Waals surface area contributed by atoms with Crippen LogP contribution in [0.1, 0.15) is 29.8 Å². The van der Waals surface area contributed by atoms with Gasteiger partial charge in [-0.3, -0.25) is 4.79 Å². The van der Waals surface area contributed by atoms with Crippen molar-refractivity contribution in [3.63, 3.8) is 0 Å². The van der Waals surface area contributed by atoms with Gasteiger partial charge < -0.3 is 10.2 Å². The van der Waals surface area contributed by atoms with Crippen molar-refractivity contribution in [2.45, 2.75) is 32.9 Å². The van der Waals surface area contributed by atoms with Gasteiger partial charge in [0.25, 0.3) is 5.91 Å². The highest BCUT2D eigenvalue weighted by Crippen LogP contribution is 2.20. The predicted molar refractivity (Wildman–Crippen MR) is 81.4 cm³/mol. The molecule has 3 nitrogen and oxygen atoms in total. The first-order valence-electron chi connectivity index (χ1n) is 6.29. The van der Waals surface area contributed by atoms with Gasteiger partial charge in [-0.1, -0.05) is 17.7 Å². The fraction of sp³-hybridized carbons (Fsp3) is 0.500. The summed E-state index contributed by atoms with van der Waals surface area (Å²) in [6, 6.07) is 6.22. The van der Waals surface area contributed by atoms with Crippen LogP contribution in [0, 0.1) is 6.92 Å². The summed E-state index contributed by atoms with van der Waals surface area (Å²) in [5.74, 6) is 0.0280. The summed E-state index contributed by atoms with van der Waals surface area (Å²) in [5.41, 5.74) is 1.67. The van der Waals surface area contributed by atoms with E-state index in [9.17, 15) is 4.79 Å². The molecule has 1 fully saturated rings. The molecule has 106 valence electrons. The number of hydrogen-bond donors (Lipinski definition) is 1. The van der Waals surface area contributed by atoms with Gasteiger partial charge in [-0.15, -0.1) is 12.4 Å². The summed E-state index contributed by atoms with van der Waals surface area (Å²) in [6.07, 6.45) is 0. The summed E-state index contributed by atoms with van der Waals surface area (Å²) in [6.45, 7) is 7.61. The van der Waals surface area contributed by atoms with Crippen molar-refractivity contribution >= 4 is 29.9 Å². The predicted octanol–water partition coefficient (Wildman–Crippen LogP) is 2.89. The van der Waals surface area contributed by atoms with E-state index >= 15 is 0 Å². The largest absolute Gasteiger partial charge is 0.336 e. The van der Waals surface area contributed by atoms with E-state index in [4.69, 9.17) is 11.6 Å². The first-order chi connectivity index (χ1) is 8.47. The van der Waals surface area contributed by atoms with Gasteiger partial charge in [-0.2, -0.15) is 0 Å². The second-order valence-electron chi connectivity index (χ2n) is 5.16. The summed E-state index contributed by atoms with van der Waals surface area (Å²) in [4.78, 5) is 14.3. The van der Waals surface area contributed by atoms with Crippen LogP contribution in [0.25, 0.3) is 0 Å². The zero-order valence-electron chi connectivity index (χ0n) is 11.4. The number of aryl methyl sites for hydroxylation is 1. The van der Waals surface area contributed by atoms with Crippen LogP contribution in [0.5, 0.6) is 0 Å². The number of carbonyl (C=O) groups is 1. The van der Waals surface area contributed by atoms with Gasteiger partial charge in [0, 0.05) is 25.2 Å². The Hall–Kier alpha value is -0.770. The molecule has 1 heterocycles. The Kier molecular flexibility index (Phi) is 5.65. The van der Waals surface area contributed by atoms with Gasteiger partial charge in [0.1, 0.15) is 0 Å². The van der Waals surface area contributed by atoms with Crippen LogP contribution in [0.3, 0.4) is 0 Å². The Bertz CT molecular complexity index is 455. The molecule has 0 spiro atoms. The molecule has 1 aromatic rings. The Labute approximate surface area is 125 Å². The summed E-state index contributed by atoms with van der Waals surface area (Å²) >= 11 is 6.15. The molecule has 1 aliphatic rings. The SMILES string of the molecule is Cc1ccc(C(=O)N2CC(C)NC(C)C2)c(Cl)c1.Cl. The van der Waals surface area contributed by atoms with Crippen molar-refractivity contribution in [1.82, 2.24) is 10.2 Å². The summed E-state index contributed by atoms with van der Waals surface area (Å²) in [7, 11) is 0. The van der Waals surface area contributed by atoms with E-state index in [-0.39, 0.29) is 18.3 Å². The monoisotopic (exact) mass is 302 g/mol. The molecule has 2 unspecified atom stereocenters. The molecular formula is C14H20Cl2N2O. The van der Waals surface area contributed by atoms with Crippen LogP contribution in [0.2, 0.25) is 5.02 Å². The molecule has 2 rings (SSSR count). The standard InChI is InChI=1S/C14H19ClN2O.ClH/c1-9-4-5-12(13(15)6-9)14(18)17-7-10(2)16-11(3)8-17;/h4-6,10-11,16H,7-8H2,1-3H3;1H. The molecule has 1 aliphatic heterocycles. The molecule has 1 amide bonds. The normalized spacial score (nSPS) is 22.8. The lowest BCUT2D eigenvalue weighted by atomic mass is 10.1. The number of rotatable bonds is 1. The lowest BCUT2D eigenvalue weighted by Crippen LogP contribution is -2.55. The molecule has 19 heavy (non-hydrogen) atoms. The first kappa shape index (κ1) is 16.3. The fourth-order valence-electron chi connectivity index (χ4n) is 2.46. The van der Waals surface area contributed by atoms with Gasteiger partial charge in [-0.25, -0.2) is 0 Å². The second-order valence-corrected chi connectivity index (χ2v) is 5.57. The molecule has 0 aliphatic carbocycles. The smallest absolute Gasteiger partial charge is 0.255 e. The van der Waals surface area contributed by atoms with E-state index in [1.54, 1.807) is 0 Å². The number of hydrogen-bond acceptors (Lipinski definition) is 2. The number of nitrogens with one attached hydrogen (secondary N) is 1. The number of amides is 1. The van der Waals surface area contributed by atoms with Crippen molar-refractivity contribution in [3.05, 3.63) is 34.3 Å². The molecule has 0 saturated carbocycles. The van der Waals surface area contributed by atoms with Crippen molar-refractivity contribution < 1.29 is 4.79 Å². The van der Waals surface area contributed by atoms with E-state index in [0.717, 1.165) is 18.7 Å². The van der Waals surface area contributed by atoms with E-state index in [1.165, 1.54) is 0 Å². The number of carbonyl (C=O) groups excluding carboxylic acids is 1. The van der Waals surface area contributed by atoms with E-state index in [0.29, 0.717) is 22.7 Å². The van der Waals surface area contributed by atoms with Gasteiger partial charge in [0.2, 0.25) is 0 Å². The third kappa shape index (κ3) is 3.85. The topological polar surface area (TPSA) is 32.3 Å². The first-order valence-corrected chi connectivity index (χ1v) is 6.66. The second kappa shape index (κ2) is 6.60. The van der Waals surface area contributed by atoms with Gasteiger partial charge >= 0.3 is 0 Å². The molecular weight excluding hydrogens is 283 g/mol. The Balaban J connectivity index is 0.00000180. The minimum Gasteiger partial charge on any atom is -0.336 e. The van der Waals surface area contributed by atoms with E-state index in [1.807, 2.05) is 30.0 Å². The highest BCUT2D eigenvalue weighted by Gasteiger charge is 2.26. The van der Waals surface area contributed by atoms with Crippen LogP contribution in [0.4, 0.5) is 0 Å². The Morgan fingerprint density at radius 3 is 2.42 bits per heavy atom. The lowest BCUT2D eigenvalue weighted by Gasteiger charge is -2.36. The summed E-state index contributed by atoms with van der Waals surface area (Å²) in [5, 5.41) is 3.95. The van der Waals surface area contributed by atoms with Gasteiger partial charge in [-0.05, 0) is 38.5 Å². The van der Waals surface area contributed by atoms with Gasteiger partial charge in [0.05, 0.1) is 10.6 Å². The molecule has 2 atom stereocenters. The molecule has 0 bridgehead atoms. The molecule has 0 aromatic heterocycles. The third-order valence-electron chi connectivity index (χ3n) is 3.20. The minimum absolute atomic E-state index is 0. The van der Waals surface area contributed by atoms with Gasteiger partial charge in [0.15, 0.2) is 0 Å². The highest BCUT2D eigenvalue weighted by molar-refractivity contribution is 6.33. The maximum Gasteiger partial charge on any atom is 0.255 e. The van der Waals surface area contributed by atoms with Crippen LogP contribution in [-0.2, 0) is 0 Å². The zero-order chi connectivity index (χ0) is 13.3. The lowest BCUT2D eigenvalue weighted by molar-refractivity contribution is 0.0674. The maximum absolute atomic E-state index is 12.4. The van der Waals surface area contributed by atoms with Crippen LogP contribution >= 0.6 is 24.0 Å². The summed E-state index contributed by atoms with van der Waals surface area (Å²) < 4.78 is 0. The maximum atomic E-state index is 12.4. The quantitative estimate of drug-likeness (QED) is 0.865. The molecule has 5 heteroatoms. The molecule has 1 saturated heterocycles. The zero-order valence-corrected chi connectivity index (χ0v) is 13.0. The van der Waals surface area contributed by atoms with E-state index < -0.39 is 0 Å². The number of benzene rings is 1. The van der Waals surface area contributed by atoms with Crippen LogP contribution in [0.15, 0.2) is 18.2 Å². The Morgan fingerprint density at radius 2 is 1.89 bits per heavy atom. The van der Waals surface area contributed by atoms with Crippen molar-refractivity contribution in [3.8, 4) is 0 Å². The number of halogens is 2. The van der Waals surface area contributed by atoms with E-state index in [2.05, 4.69) is 19.2 Å². The number of piperazine rings is 1. The molecule has 1 aromatic carbocycles. The molecule has 0 radical (unpaired) electrons. The fourth-order valence-corrected chi connectivity index (χ4v) is 2.77. The van der Waals surface area contributed by atoms with Crippen molar-refractivity contribution in [2.75, 3.05) is 13.1 Å². The average Bonchev–Trinajstić information content (AvgIpc) is 2.26. The van der Waals surface area contributed by atoms with Crippen molar-refractivity contribution in [2.24, 2.45) is 0 Å². The van der Waals surface area contributed by atoms with Crippen LogP contribution < -0.4 is 5.32 Å². The third-order valence-corrected chi connectivity index (χ3v) is 3.51. The number of nitrogens with zero attached hydrogens (tertiary/aromatic N) is 1. The highest BCUT2D eigenvalue weighted by atomic mass is 35.5. The van der Waals surface area contributed by atoms with Crippen LogP contribution in [-0.4, -0.2) is 36.0 Å².